The molecule has 0 radical (unpaired) electrons. The van der Waals surface area contributed by atoms with Gasteiger partial charge in [-0.05, 0) is 31.3 Å². The number of rotatable bonds is 1. The molecule has 0 unspecified atom stereocenters. The van der Waals surface area contributed by atoms with Gasteiger partial charge >= 0.3 is 0 Å². The fourth-order valence-corrected chi connectivity index (χ4v) is 3.16. The third-order valence-corrected chi connectivity index (χ3v) is 4.17. The summed E-state index contributed by atoms with van der Waals surface area (Å²) >= 11 is 5.34. The van der Waals surface area contributed by atoms with Gasteiger partial charge in [-0.25, -0.2) is 0 Å². The molecule has 0 bridgehead atoms. The van der Waals surface area contributed by atoms with E-state index in [0.717, 1.165) is 5.69 Å². The summed E-state index contributed by atoms with van der Waals surface area (Å²) in [4.78, 5) is 14.3. The van der Waals surface area contributed by atoms with Gasteiger partial charge in [0.1, 0.15) is 5.54 Å². The molecule has 0 saturated carbocycles. The molecule has 1 aromatic rings. The van der Waals surface area contributed by atoms with Gasteiger partial charge in [0.05, 0.1) is 0 Å². The number of anilines is 1. The fourth-order valence-electron chi connectivity index (χ4n) is 2.78. The zero-order valence-electron chi connectivity index (χ0n) is 10.8. The Morgan fingerprint density at radius 2 is 1.89 bits per heavy atom. The third-order valence-electron chi connectivity index (χ3n) is 3.89. The first-order valence-corrected chi connectivity index (χ1v) is 6.84. The van der Waals surface area contributed by atoms with Crippen molar-refractivity contribution in [2.75, 3.05) is 18.1 Å². The van der Waals surface area contributed by atoms with Crippen molar-refractivity contribution in [3.63, 3.8) is 0 Å². The van der Waals surface area contributed by atoms with E-state index in [1.165, 1.54) is 5.56 Å². The second-order valence-corrected chi connectivity index (χ2v) is 5.46. The lowest BCUT2D eigenvalue weighted by Gasteiger charge is -2.39. The number of nitrogens with zero attached hydrogens (tertiary/aromatic N) is 1. The van der Waals surface area contributed by atoms with Crippen molar-refractivity contribution in [3.05, 3.63) is 29.8 Å². The van der Waals surface area contributed by atoms with Crippen LogP contribution in [0.25, 0.3) is 0 Å². The number of hydrogen-bond acceptors (Lipinski definition) is 3. The largest absolute Gasteiger partial charge is 0.381 e. The summed E-state index contributed by atoms with van der Waals surface area (Å²) in [5.74, 6) is 0.00127. The molecule has 2 saturated heterocycles. The van der Waals surface area contributed by atoms with E-state index in [2.05, 4.69) is 5.32 Å². The van der Waals surface area contributed by atoms with Crippen molar-refractivity contribution in [3.8, 4) is 0 Å². The van der Waals surface area contributed by atoms with Crippen molar-refractivity contribution < 1.29 is 9.53 Å². The van der Waals surface area contributed by atoms with Gasteiger partial charge in [-0.2, -0.15) is 0 Å². The van der Waals surface area contributed by atoms with Crippen LogP contribution in [0.1, 0.15) is 18.4 Å². The van der Waals surface area contributed by atoms with Gasteiger partial charge in [0.25, 0.3) is 5.91 Å². The third kappa shape index (κ3) is 1.93. The molecular formula is C14H16N2O2S. The first kappa shape index (κ1) is 12.6. The Balaban J connectivity index is 2.03. The number of hydrogen-bond donors (Lipinski definition) is 1. The zero-order chi connectivity index (χ0) is 13.5. The minimum atomic E-state index is -0.565. The maximum absolute atomic E-state index is 12.3. The van der Waals surface area contributed by atoms with E-state index >= 15 is 0 Å². The first-order valence-electron chi connectivity index (χ1n) is 6.43. The molecule has 5 heteroatoms. The number of benzene rings is 1. The van der Waals surface area contributed by atoms with Crippen LogP contribution in [0, 0.1) is 6.92 Å². The highest BCUT2D eigenvalue weighted by Crippen LogP contribution is 2.36. The molecule has 2 aliphatic rings. The number of nitrogens with one attached hydrogen (secondary N) is 1. The van der Waals surface area contributed by atoms with Gasteiger partial charge in [0.2, 0.25) is 0 Å². The molecule has 100 valence electrons. The normalized spacial score (nSPS) is 21.8. The van der Waals surface area contributed by atoms with E-state index < -0.39 is 5.54 Å². The average Bonchev–Trinajstić information content (AvgIpc) is 2.64. The summed E-state index contributed by atoms with van der Waals surface area (Å²) in [7, 11) is 0. The summed E-state index contributed by atoms with van der Waals surface area (Å²) in [5, 5.41) is 3.30. The van der Waals surface area contributed by atoms with Crippen LogP contribution in [0.3, 0.4) is 0 Å². The van der Waals surface area contributed by atoms with Crippen LogP contribution < -0.4 is 10.2 Å². The standard InChI is InChI=1S/C14H16N2O2S/c1-10-2-4-11(5-3-10)16-13(19)15-12(17)14(16)6-8-18-9-7-14/h2-5H,6-9H2,1H3,(H,15,17,19). The topological polar surface area (TPSA) is 41.6 Å². The van der Waals surface area contributed by atoms with E-state index in [-0.39, 0.29) is 5.91 Å². The summed E-state index contributed by atoms with van der Waals surface area (Å²) in [5.41, 5.74) is 1.59. The van der Waals surface area contributed by atoms with Gasteiger partial charge in [-0.15, -0.1) is 0 Å². The molecule has 2 fully saturated rings. The number of thiocarbonyl (C=S) groups is 1. The van der Waals surface area contributed by atoms with Gasteiger partial charge < -0.3 is 15.0 Å². The van der Waals surface area contributed by atoms with E-state index in [1.807, 2.05) is 36.1 Å². The van der Waals surface area contributed by atoms with Crippen molar-refractivity contribution in [1.29, 1.82) is 0 Å². The number of carbonyl (C=O) groups is 1. The second kappa shape index (κ2) is 4.58. The lowest BCUT2D eigenvalue weighted by Crippen LogP contribution is -2.53. The minimum Gasteiger partial charge on any atom is -0.381 e. The highest BCUT2D eigenvalue weighted by Gasteiger charge is 2.52. The molecule has 1 amide bonds. The molecule has 2 aliphatic heterocycles. The molecule has 1 aromatic carbocycles. The molecule has 4 nitrogen and oxygen atoms in total. The molecule has 19 heavy (non-hydrogen) atoms. The number of amides is 1. The summed E-state index contributed by atoms with van der Waals surface area (Å²) in [6.45, 7) is 3.23. The van der Waals surface area contributed by atoms with Crippen LogP contribution in [-0.2, 0) is 9.53 Å². The number of aryl methyl sites for hydroxylation is 1. The van der Waals surface area contributed by atoms with Crippen molar-refractivity contribution >= 4 is 28.9 Å². The van der Waals surface area contributed by atoms with E-state index in [4.69, 9.17) is 17.0 Å². The van der Waals surface area contributed by atoms with Crippen LogP contribution in [-0.4, -0.2) is 29.8 Å². The SMILES string of the molecule is Cc1ccc(N2C(=S)NC(=O)C23CCOCC3)cc1. The van der Waals surface area contributed by atoms with Crippen molar-refractivity contribution in [1.82, 2.24) is 5.32 Å². The Kier molecular flexibility index (Phi) is 3.03. The molecule has 0 aromatic heterocycles. The van der Waals surface area contributed by atoms with Gasteiger partial charge in [0.15, 0.2) is 5.11 Å². The van der Waals surface area contributed by atoms with Gasteiger partial charge in [-0.3, -0.25) is 4.79 Å². The average molecular weight is 276 g/mol. The van der Waals surface area contributed by atoms with Crippen LogP contribution in [0.5, 0.6) is 0 Å². The Labute approximate surface area is 117 Å². The highest BCUT2D eigenvalue weighted by atomic mass is 32.1. The van der Waals surface area contributed by atoms with Crippen molar-refractivity contribution in [2.45, 2.75) is 25.3 Å². The molecule has 0 atom stereocenters. The fraction of sp³-hybridized carbons (Fsp3) is 0.429. The molecular weight excluding hydrogens is 260 g/mol. The molecule has 3 rings (SSSR count). The number of ether oxygens (including phenoxy) is 1. The van der Waals surface area contributed by atoms with E-state index in [0.29, 0.717) is 31.2 Å². The van der Waals surface area contributed by atoms with Gasteiger partial charge in [0, 0.05) is 31.7 Å². The Morgan fingerprint density at radius 3 is 2.53 bits per heavy atom. The number of carbonyl (C=O) groups excluding carboxylic acids is 1. The smallest absolute Gasteiger partial charge is 0.252 e. The molecule has 1 N–H and O–H groups in total. The predicted molar refractivity (Wildman–Crippen MR) is 77.2 cm³/mol. The molecule has 1 spiro atoms. The Hall–Kier alpha value is -1.46. The maximum atomic E-state index is 12.3. The van der Waals surface area contributed by atoms with Crippen LogP contribution in [0.15, 0.2) is 24.3 Å². The monoisotopic (exact) mass is 276 g/mol. The van der Waals surface area contributed by atoms with Crippen LogP contribution in [0.2, 0.25) is 0 Å². The van der Waals surface area contributed by atoms with E-state index in [1.54, 1.807) is 0 Å². The minimum absolute atomic E-state index is 0.00127. The van der Waals surface area contributed by atoms with Crippen LogP contribution >= 0.6 is 12.2 Å². The van der Waals surface area contributed by atoms with Gasteiger partial charge in [-0.1, -0.05) is 17.7 Å². The molecule has 2 heterocycles. The summed E-state index contributed by atoms with van der Waals surface area (Å²) < 4.78 is 5.39. The Morgan fingerprint density at radius 1 is 1.26 bits per heavy atom. The zero-order valence-corrected chi connectivity index (χ0v) is 11.6. The Bertz CT molecular complexity index is 521. The maximum Gasteiger partial charge on any atom is 0.252 e. The highest BCUT2D eigenvalue weighted by molar-refractivity contribution is 7.80. The lowest BCUT2D eigenvalue weighted by molar-refractivity contribution is -0.126. The second-order valence-electron chi connectivity index (χ2n) is 5.07. The quantitative estimate of drug-likeness (QED) is 0.794. The van der Waals surface area contributed by atoms with E-state index in [9.17, 15) is 4.79 Å². The lowest BCUT2D eigenvalue weighted by atomic mass is 9.88. The summed E-state index contributed by atoms with van der Waals surface area (Å²) in [6, 6.07) is 8.10. The van der Waals surface area contributed by atoms with Crippen molar-refractivity contribution in [2.24, 2.45) is 0 Å². The first-order chi connectivity index (χ1) is 9.13. The summed E-state index contributed by atoms with van der Waals surface area (Å²) in [6.07, 6.45) is 1.35. The van der Waals surface area contributed by atoms with Crippen LogP contribution in [0.4, 0.5) is 5.69 Å². The predicted octanol–water partition coefficient (Wildman–Crippen LogP) is 1.77. The molecule has 0 aliphatic carbocycles.